The quantitative estimate of drug-likeness (QED) is 0.124. The van der Waals surface area contributed by atoms with Gasteiger partial charge in [0.1, 0.15) is 0 Å². The fourth-order valence-corrected chi connectivity index (χ4v) is 6.18. The van der Waals surface area contributed by atoms with Gasteiger partial charge < -0.3 is 10.2 Å². The van der Waals surface area contributed by atoms with Gasteiger partial charge in [-0.2, -0.15) is 0 Å². The molecule has 1 N–H and O–H groups in total. The highest BCUT2D eigenvalue weighted by molar-refractivity contribution is 6.07. The van der Waals surface area contributed by atoms with E-state index in [-0.39, 0.29) is 17.9 Å². The summed E-state index contributed by atoms with van der Waals surface area (Å²) in [5, 5.41) is 5.00. The minimum Gasteiger partial charge on any atom is -0.324 e. The molecule has 254 valence electrons. The maximum Gasteiger partial charge on any atom is 0.229 e. The molecule has 6 heteroatoms. The van der Waals surface area contributed by atoms with Gasteiger partial charge in [-0.3, -0.25) is 19.6 Å². The van der Waals surface area contributed by atoms with Gasteiger partial charge in [0.05, 0.1) is 22.4 Å². The number of nitrogens with zero attached hydrogens (tertiary/aromatic N) is 3. The topological polar surface area (TPSA) is 75.2 Å². The zero-order chi connectivity index (χ0) is 35.1. The van der Waals surface area contributed by atoms with Crippen molar-refractivity contribution in [2.75, 3.05) is 10.2 Å². The molecule has 6 aromatic rings. The van der Waals surface area contributed by atoms with Crippen molar-refractivity contribution in [2.24, 2.45) is 5.92 Å². The van der Waals surface area contributed by atoms with Crippen LogP contribution in [0.4, 0.5) is 11.4 Å². The summed E-state index contributed by atoms with van der Waals surface area (Å²) < 4.78 is 0. The number of hydrogen-bond acceptors (Lipinski definition) is 4. The standard InChI is InChI=1S/C22H22N2O.C15H16N2O.C7H8/c1-2-17(14-16-8-4-3-5-9-16)20-15-21(25)24(20)19-12-6-10-18-11-7-13-23-22(18)19;1-2-3-4-10-14(18)17-13-9-5-7-12-8-6-11-16-15(12)13;1-7-5-3-2-4-6-7/h3-13,17,20H,2,14-15H2,1H3;3-9,11H,2,10H2,1H3,(H,17,18);2-6H,1H3/b;4-3+;. The highest BCUT2D eigenvalue weighted by Gasteiger charge is 2.42. The molecule has 1 saturated heterocycles. The molecule has 2 atom stereocenters. The monoisotopic (exact) mass is 662 g/mol. The number of carbonyl (C=O) groups is 2. The van der Waals surface area contributed by atoms with E-state index >= 15 is 0 Å². The molecule has 1 aliphatic rings. The summed E-state index contributed by atoms with van der Waals surface area (Å²) in [6.07, 6.45) is 11.4. The molecule has 1 aliphatic heterocycles. The summed E-state index contributed by atoms with van der Waals surface area (Å²) in [5.74, 6) is 0.645. The summed E-state index contributed by atoms with van der Waals surface area (Å²) >= 11 is 0. The Hall–Kier alpha value is -5.62. The van der Waals surface area contributed by atoms with Crippen molar-refractivity contribution in [1.29, 1.82) is 0 Å². The Bertz CT molecular complexity index is 2000. The zero-order valence-electron chi connectivity index (χ0n) is 29.2. The second kappa shape index (κ2) is 18.2. The van der Waals surface area contributed by atoms with Crippen LogP contribution in [-0.4, -0.2) is 27.8 Å². The predicted octanol–water partition coefficient (Wildman–Crippen LogP) is 10.1. The molecule has 2 unspecified atom stereocenters. The van der Waals surface area contributed by atoms with Crippen molar-refractivity contribution in [3.05, 3.63) is 157 Å². The average molecular weight is 663 g/mol. The predicted molar refractivity (Wildman–Crippen MR) is 207 cm³/mol. The number of aromatic nitrogens is 2. The number of amides is 2. The number of fused-ring (bicyclic) bond motifs is 2. The van der Waals surface area contributed by atoms with E-state index in [4.69, 9.17) is 0 Å². The number of rotatable bonds is 9. The van der Waals surface area contributed by atoms with Gasteiger partial charge in [-0.15, -0.1) is 0 Å². The Morgan fingerprint density at radius 1 is 0.780 bits per heavy atom. The second-order valence-corrected chi connectivity index (χ2v) is 12.4. The fraction of sp³-hybridized carbons (Fsp3) is 0.227. The lowest BCUT2D eigenvalue weighted by Gasteiger charge is -2.45. The zero-order valence-corrected chi connectivity index (χ0v) is 29.2. The van der Waals surface area contributed by atoms with Crippen LogP contribution in [0.1, 0.15) is 50.7 Å². The molecule has 7 rings (SSSR count). The van der Waals surface area contributed by atoms with Crippen molar-refractivity contribution in [2.45, 2.75) is 58.9 Å². The van der Waals surface area contributed by atoms with Crippen LogP contribution < -0.4 is 10.2 Å². The van der Waals surface area contributed by atoms with E-state index in [1.807, 2.05) is 109 Å². The maximum atomic E-state index is 12.5. The number of anilines is 2. The van der Waals surface area contributed by atoms with E-state index < -0.39 is 0 Å². The number of pyridine rings is 2. The van der Waals surface area contributed by atoms with Crippen LogP contribution in [-0.2, 0) is 16.0 Å². The Labute approximate surface area is 295 Å². The van der Waals surface area contributed by atoms with E-state index in [0.717, 1.165) is 52.4 Å². The van der Waals surface area contributed by atoms with Gasteiger partial charge >= 0.3 is 0 Å². The summed E-state index contributed by atoms with van der Waals surface area (Å²) in [6.45, 7) is 6.35. The van der Waals surface area contributed by atoms with Gasteiger partial charge in [-0.1, -0.05) is 135 Å². The number of nitrogens with one attached hydrogen (secondary N) is 1. The van der Waals surface area contributed by atoms with Crippen LogP contribution in [0, 0.1) is 12.8 Å². The molecular weight excluding hydrogens is 617 g/mol. The second-order valence-electron chi connectivity index (χ2n) is 12.4. The molecule has 2 aromatic heterocycles. The van der Waals surface area contributed by atoms with E-state index in [2.05, 4.69) is 65.5 Å². The molecule has 4 aromatic carbocycles. The van der Waals surface area contributed by atoms with Gasteiger partial charge in [-0.05, 0) is 55.5 Å². The SMILES string of the molecule is CC/C=C/CC(=O)Nc1cccc2cccnc12.CCC(Cc1ccccc1)C1CC(=O)N1c1cccc2cccnc12.Cc1ccccc1. The number of para-hydroxylation sites is 2. The van der Waals surface area contributed by atoms with Crippen molar-refractivity contribution in [1.82, 2.24) is 9.97 Å². The van der Waals surface area contributed by atoms with Crippen LogP contribution in [0.15, 0.2) is 146 Å². The summed E-state index contributed by atoms with van der Waals surface area (Å²) in [4.78, 5) is 35.0. The molecular formula is C44H46N4O2. The molecule has 6 nitrogen and oxygen atoms in total. The van der Waals surface area contributed by atoms with Gasteiger partial charge in [0.25, 0.3) is 0 Å². The summed E-state index contributed by atoms with van der Waals surface area (Å²) in [6, 6.07) is 40.8. The molecule has 0 radical (unpaired) electrons. The number of benzene rings is 4. The van der Waals surface area contributed by atoms with Crippen molar-refractivity contribution >= 4 is 45.0 Å². The summed E-state index contributed by atoms with van der Waals surface area (Å²) in [5.41, 5.74) is 6.12. The summed E-state index contributed by atoms with van der Waals surface area (Å²) in [7, 11) is 0. The number of β-lactam (4-membered cyclic amide) rings is 1. The van der Waals surface area contributed by atoms with Crippen molar-refractivity contribution < 1.29 is 9.59 Å². The Balaban J connectivity index is 0.000000169. The molecule has 2 amide bonds. The highest BCUT2D eigenvalue weighted by Crippen LogP contribution is 2.38. The first-order chi connectivity index (χ1) is 24.5. The van der Waals surface area contributed by atoms with E-state index in [9.17, 15) is 9.59 Å². The minimum absolute atomic E-state index is 0.0159. The van der Waals surface area contributed by atoms with E-state index in [1.165, 1.54) is 11.1 Å². The number of carbonyl (C=O) groups excluding carboxylic acids is 2. The van der Waals surface area contributed by atoms with Crippen LogP contribution in [0.3, 0.4) is 0 Å². The Morgan fingerprint density at radius 2 is 1.40 bits per heavy atom. The third kappa shape index (κ3) is 9.50. The normalized spacial score (nSPS) is 14.3. The molecule has 3 heterocycles. The number of aryl methyl sites for hydroxylation is 1. The Kier molecular flexibility index (Phi) is 13.0. The van der Waals surface area contributed by atoms with Crippen molar-refractivity contribution in [3.8, 4) is 0 Å². The van der Waals surface area contributed by atoms with Gasteiger partial charge in [0, 0.05) is 42.0 Å². The third-order valence-corrected chi connectivity index (χ3v) is 8.82. The minimum atomic E-state index is -0.0159. The van der Waals surface area contributed by atoms with Crippen LogP contribution in [0.25, 0.3) is 21.8 Å². The first-order valence-corrected chi connectivity index (χ1v) is 17.5. The molecule has 0 spiro atoms. The van der Waals surface area contributed by atoms with Gasteiger partial charge in [0.15, 0.2) is 0 Å². The first-order valence-electron chi connectivity index (χ1n) is 17.5. The van der Waals surface area contributed by atoms with Gasteiger partial charge in [-0.25, -0.2) is 0 Å². The number of hydrogen-bond donors (Lipinski definition) is 1. The van der Waals surface area contributed by atoms with Crippen LogP contribution in [0.5, 0.6) is 0 Å². The lowest BCUT2D eigenvalue weighted by Crippen LogP contribution is -2.57. The van der Waals surface area contributed by atoms with Gasteiger partial charge in [0.2, 0.25) is 11.8 Å². The maximum absolute atomic E-state index is 12.5. The van der Waals surface area contributed by atoms with Crippen LogP contribution in [0.2, 0.25) is 0 Å². The average Bonchev–Trinajstić information content (AvgIpc) is 3.15. The lowest BCUT2D eigenvalue weighted by atomic mass is 9.82. The Morgan fingerprint density at radius 3 is 2.02 bits per heavy atom. The fourth-order valence-electron chi connectivity index (χ4n) is 6.18. The van der Waals surface area contributed by atoms with E-state index in [1.54, 1.807) is 12.4 Å². The molecule has 50 heavy (non-hydrogen) atoms. The third-order valence-electron chi connectivity index (χ3n) is 8.82. The molecule has 0 saturated carbocycles. The van der Waals surface area contributed by atoms with E-state index in [0.29, 0.717) is 18.8 Å². The molecule has 1 fully saturated rings. The molecule has 0 bridgehead atoms. The van der Waals surface area contributed by atoms with Crippen LogP contribution >= 0.6 is 0 Å². The smallest absolute Gasteiger partial charge is 0.229 e. The highest BCUT2D eigenvalue weighted by atomic mass is 16.2. The van der Waals surface area contributed by atoms with Crippen molar-refractivity contribution in [3.63, 3.8) is 0 Å². The first kappa shape index (κ1) is 35.7. The molecule has 0 aliphatic carbocycles. The number of allylic oxidation sites excluding steroid dienone is 1. The lowest BCUT2D eigenvalue weighted by molar-refractivity contribution is -0.125. The largest absolute Gasteiger partial charge is 0.324 e.